The summed E-state index contributed by atoms with van der Waals surface area (Å²) in [6.45, 7) is 4.01. The van der Waals surface area contributed by atoms with Gasteiger partial charge in [-0.1, -0.05) is 36.4 Å². The van der Waals surface area contributed by atoms with Gasteiger partial charge in [0.25, 0.3) is 0 Å². The zero-order valence-corrected chi connectivity index (χ0v) is 12.9. The first-order valence-corrected chi connectivity index (χ1v) is 7.51. The Morgan fingerprint density at radius 3 is 2.50 bits per heavy atom. The lowest BCUT2D eigenvalue weighted by Crippen LogP contribution is -2.33. The fourth-order valence-corrected chi connectivity index (χ4v) is 1.99. The first-order valence-electron chi connectivity index (χ1n) is 7.51. The fraction of sp³-hybridized carbons (Fsp3) is 0.333. The largest absolute Gasteiger partial charge is 0.492 e. The van der Waals surface area contributed by atoms with E-state index >= 15 is 0 Å². The molecule has 0 bridgehead atoms. The highest BCUT2D eigenvalue weighted by molar-refractivity contribution is 5.31. The highest BCUT2D eigenvalue weighted by Gasteiger charge is 2.04. The summed E-state index contributed by atoms with van der Waals surface area (Å²) in [4.78, 5) is 0. The molecule has 0 unspecified atom stereocenters. The van der Waals surface area contributed by atoms with Crippen molar-refractivity contribution in [3.8, 4) is 11.5 Å². The summed E-state index contributed by atoms with van der Waals surface area (Å²) >= 11 is 0. The van der Waals surface area contributed by atoms with Gasteiger partial charge in [0, 0.05) is 13.1 Å². The molecule has 0 aliphatic rings. The van der Waals surface area contributed by atoms with Crippen LogP contribution in [0.1, 0.15) is 5.56 Å². The van der Waals surface area contributed by atoms with E-state index in [1.807, 2.05) is 61.5 Å². The highest BCUT2D eigenvalue weighted by atomic mass is 16.5. The first kappa shape index (κ1) is 16.3. The van der Waals surface area contributed by atoms with Crippen LogP contribution in [0.2, 0.25) is 0 Å². The maximum absolute atomic E-state index is 9.84. The summed E-state index contributed by atoms with van der Waals surface area (Å²) in [5.41, 5.74) is 1.12. The van der Waals surface area contributed by atoms with Gasteiger partial charge in [-0.3, -0.25) is 0 Å². The van der Waals surface area contributed by atoms with E-state index in [1.54, 1.807) is 0 Å². The summed E-state index contributed by atoms with van der Waals surface area (Å²) in [6.07, 6.45) is -0.543. The Bertz CT molecular complexity index is 545. The van der Waals surface area contributed by atoms with Crippen molar-refractivity contribution >= 4 is 0 Å². The van der Waals surface area contributed by atoms with E-state index in [4.69, 9.17) is 9.47 Å². The minimum atomic E-state index is -0.543. The predicted octanol–water partition coefficient (Wildman–Crippen LogP) is 2.40. The number of nitrogens with one attached hydrogen (secondary N) is 1. The second kappa shape index (κ2) is 9.07. The molecule has 0 saturated carbocycles. The molecule has 0 aliphatic carbocycles. The molecule has 2 aromatic rings. The predicted molar refractivity (Wildman–Crippen MR) is 87.5 cm³/mol. The normalized spacial score (nSPS) is 11.9. The van der Waals surface area contributed by atoms with E-state index in [9.17, 15) is 5.11 Å². The van der Waals surface area contributed by atoms with Crippen LogP contribution in [0.4, 0.5) is 0 Å². The number of rotatable bonds is 9. The summed E-state index contributed by atoms with van der Waals surface area (Å²) in [5.74, 6) is 1.67. The van der Waals surface area contributed by atoms with Gasteiger partial charge in [0.2, 0.25) is 0 Å². The molecule has 1 atom stereocenters. The number of aryl methyl sites for hydroxylation is 1. The molecular formula is C18H23NO3. The third kappa shape index (κ3) is 5.76. The van der Waals surface area contributed by atoms with Crippen LogP contribution in [0.3, 0.4) is 0 Å². The number of ether oxygens (including phenoxy) is 2. The molecular weight excluding hydrogens is 278 g/mol. The smallest absolute Gasteiger partial charge is 0.122 e. The van der Waals surface area contributed by atoms with Crippen LogP contribution in [0.15, 0.2) is 54.6 Å². The van der Waals surface area contributed by atoms with Crippen molar-refractivity contribution in [2.75, 3.05) is 26.3 Å². The first-order chi connectivity index (χ1) is 10.8. The zero-order chi connectivity index (χ0) is 15.6. The molecule has 0 radical (unpaired) electrons. The second-order valence-corrected chi connectivity index (χ2v) is 5.10. The summed E-state index contributed by atoms with van der Waals surface area (Å²) in [7, 11) is 0. The van der Waals surface area contributed by atoms with Crippen LogP contribution in [0, 0.1) is 6.92 Å². The Morgan fingerprint density at radius 1 is 1.00 bits per heavy atom. The van der Waals surface area contributed by atoms with Gasteiger partial charge in [-0.05, 0) is 30.7 Å². The molecule has 2 aromatic carbocycles. The van der Waals surface area contributed by atoms with E-state index in [1.165, 1.54) is 0 Å². The van der Waals surface area contributed by atoms with Crippen LogP contribution >= 0.6 is 0 Å². The maximum atomic E-state index is 9.84. The van der Waals surface area contributed by atoms with Gasteiger partial charge in [0.1, 0.15) is 30.8 Å². The van der Waals surface area contributed by atoms with Crippen LogP contribution in [-0.2, 0) is 0 Å². The Balaban J connectivity index is 1.56. The van der Waals surface area contributed by atoms with Crippen molar-refractivity contribution in [2.45, 2.75) is 13.0 Å². The standard InChI is InChI=1S/C18H23NO3/c1-15-7-5-6-10-18(15)21-12-11-19-13-16(20)14-22-17-8-3-2-4-9-17/h2-10,16,19-20H,11-14H2,1H3/t16-/m0/s1. The Labute approximate surface area is 131 Å². The molecule has 22 heavy (non-hydrogen) atoms. The molecule has 0 amide bonds. The van der Waals surface area contributed by atoms with E-state index in [0.29, 0.717) is 19.7 Å². The van der Waals surface area contributed by atoms with E-state index < -0.39 is 6.10 Å². The minimum Gasteiger partial charge on any atom is -0.492 e. The molecule has 118 valence electrons. The van der Waals surface area contributed by atoms with Gasteiger partial charge in [-0.2, -0.15) is 0 Å². The van der Waals surface area contributed by atoms with Crippen molar-refractivity contribution in [2.24, 2.45) is 0 Å². The van der Waals surface area contributed by atoms with E-state index in [2.05, 4.69) is 5.32 Å². The van der Waals surface area contributed by atoms with Crippen molar-refractivity contribution in [1.82, 2.24) is 5.32 Å². The van der Waals surface area contributed by atoms with Gasteiger partial charge < -0.3 is 19.9 Å². The van der Waals surface area contributed by atoms with Gasteiger partial charge in [0.15, 0.2) is 0 Å². The SMILES string of the molecule is Cc1ccccc1OCCNC[C@H](O)COc1ccccc1. The lowest BCUT2D eigenvalue weighted by molar-refractivity contribution is 0.105. The highest BCUT2D eigenvalue weighted by Crippen LogP contribution is 2.15. The molecule has 0 heterocycles. The number of aliphatic hydroxyl groups excluding tert-OH is 1. The third-order valence-electron chi connectivity index (χ3n) is 3.20. The molecule has 0 spiro atoms. The van der Waals surface area contributed by atoms with Gasteiger partial charge >= 0.3 is 0 Å². The second-order valence-electron chi connectivity index (χ2n) is 5.10. The number of para-hydroxylation sites is 2. The lowest BCUT2D eigenvalue weighted by atomic mass is 10.2. The van der Waals surface area contributed by atoms with E-state index in [0.717, 1.165) is 17.1 Å². The quantitative estimate of drug-likeness (QED) is 0.698. The number of hydrogen-bond donors (Lipinski definition) is 2. The molecule has 0 saturated heterocycles. The Morgan fingerprint density at radius 2 is 1.73 bits per heavy atom. The van der Waals surface area contributed by atoms with Gasteiger partial charge in [0.05, 0.1) is 0 Å². The molecule has 0 aliphatic heterocycles. The molecule has 4 nitrogen and oxygen atoms in total. The minimum absolute atomic E-state index is 0.273. The molecule has 0 aromatic heterocycles. The maximum Gasteiger partial charge on any atom is 0.122 e. The average molecular weight is 301 g/mol. The Hall–Kier alpha value is -2.04. The lowest BCUT2D eigenvalue weighted by Gasteiger charge is -2.14. The number of benzene rings is 2. The zero-order valence-electron chi connectivity index (χ0n) is 12.9. The van der Waals surface area contributed by atoms with Crippen molar-refractivity contribution in [1.29, 1.82) is 0 Å². The number of hydrogen-bond acceptors (Lipinski definition) is 4. The van der Waals surface area contributed by atoms with Crippen LogP contribution in [-0.4, -0.2) is 37.5 Å². The summed E-state index contributed by atoms with van der Waals surface area (Å²) < 4.78 is 11.2. The topological polar surface area (TPSA) is 50.7 Å². The molecule has 0 fully saturated rings. The van der Waals surface area contributed by atoms with Crippen molar-refractivity contribution in [3.63, 3.8) is 0 Å². The van der Waals surface area contributed by atoms with Crippen molar-refractivity contribution < 1.29 is 14.6 Å². The van der Waals surface area contributed by atoms with Crippen LogP contribution in [0.25, 0.3) is 0 Å². The van der Waals surface area contributed by atoms with Gasteiger partial charge in [-0.15, -0.1) is 0 Å². The van der Waals surface area contributed by atoms with Gasteiger partial charge in [-0.25, -0.2) is 0 Å². The fourth-order valence-electron chi connectivity index (χ4n) is 1.99. The molecule has 2 N–H and O–H groups in total. The van der Waals surface area contributed by atoms with Crippen molar-refractivity contribution in [3.05, 3.63) is 60.2 Å². The summed E-state index contributed by atoms with van der Waals surface area (Å²) in [5, 5.41) is 13.0. The Kier molecular flexibility index (Phi) is 6.74. The van der Waals surface area contributed by atoms with E-state index in [-0.39, 0.29) is 6.61 Å². The molecule has 4 heteroatoms. The van der Waals surface area contributed by atoms with Crippen LogP contribution < -0.4 is 14.8 Å². The third-order valence-corrected chi connectivity index (χ3v) is 3.20. The average Bonchev–Trinajstić information content (AvgIpc) is 2.55. The monoisotopic (exact) mass is 301 g/mol. The van der Waals surface area contributed by atoms with Crippen LogP contribution in [0.5, 0.6) is 11.5 Å². The molecule has 2 rings (SSSR count). The summed E-state index contributed by atoms with van der Waals surface area (Å²) in [6, 6.07) is 17.4. The number of aliphatic hydroxyl groups is 1.